The van der Waals surface area contributed by atoms with E-state index in [0.29, 0.717) is 17.7 Å². The van der Waals surface area contributed by atoms with Crippen LogP contribution in [0.25, 0.3) is 0 Å². The number of piperidine rings is 1. The van der Waals surface area contributed by atoms with Crippen molar-refractivity contribution in [2.45, 2.75) is 19.3 Å². The van der Waals surface area contributed by atoms with E-state index in [9.17, 15) is 9.59 Å². The van der Waals surface area contributed by atoms with Crippen LogP contribution in [-0.2, 0) is 6.42 Å². The van der Waals surface area contributed by atoms with Crippen LogP contribution in [-0.4, -0.2) is 47.8 Å². The van der Waals surface area contributed by atoms with E-state index in [1.54, 1.807) is 12.1 Å². The first-order valence-electron chi connectivity index (χ1n) is 9.44. The zero-order chi connectivity index (χ0) is 17.9. The number of amides is 2. The summed E-state index contributed by atoms with van der Waals surface area (Å²) in [5.41, 5.74) is 2.50. The average molecular weight is 348 g/mol. The van der Waals surface area contributed by atoms with E-state index in [-0.39, 0.29) is 11.8 Å². The zero-order valence-corrected chi connectivity index (χ0v) is 14.9. The molecule has 0 aliphatic carbocycles. The molecule has 26 heavy (non-hydrogen) atoms. The summed E-state index contributed by atoms with van der Waals surface area (Å²) in [5.74, 6) is 0.432. The summed E-state index contributed by atoms with van der Waals surface area (Å²) in [7, 11) is 0. The number of carbonyl (C=O) groups is 2. The lowest BCUT2D eigenvalue weighted by Crippen LogP contribution is -2.41. The van der Waals surface area contributed by atoms with Crippen LogP contribution in [0.4, 0.5) is 0 Å². The largest absolute Gasteiger partial charge is 0.302 e. The van der Waals surface area contributed by atoms with Crippen molar-refractivity contribution in [3.8, 4) is 0 Å². The molecular formula is C22H24N2O2. The highest BCUT2D eigenvalue weighted by Crippen LogP contribution is 2.24. The van der Waals surface area contributed by atoms with Gasteiger partial charge in [0.25, 0.3) is 11.8 Å². The lowest BCUT2D eigenvalue weighted by molar-refractivity contribution is 0.0625. The number of hydrogen-bond acceptors (Lipinski definition) is 3. The summed E-state index contributed by atoms with van der Waals surface area (Å²) in [5, 5.41) is 0. The second-order valence-corrected chi connectivity index (χ2v) is 7.28. The molecule has 2 amide bonds. The second kappa shape index (κ2) is 7.42. The van der Waals surface area contributed by atoms with E-state index >= 15 is 0 Å². The molecular weight excluding hydrogens is 324 g/mol. The number of rotatable bonds is 5. The van der Waals surface area contributed by atoms with Gasteiger partial charge in [-0.1, -0.05) is 42.5 Å². The third-order valence-electron chi connectivity index (χ3n) is 5.59. The highest BCUT2D eigenvalue weighted by molar-refractivity contribution is 6.21. The van der Waals surface area contributed by atoms with Crippen LogP contribution < -0.4 is 0 Å². The molecule has 0 aromatic heterocycles. The molecule has 0 atom stereocenters. The Kier molecular flexibility index (Phi) is 4.85. The van der Waals surface area contributed by atoms with Crippen molar-refractivity contribution in [3.63, 3.8) is 0 Å². The summed E-state index contributed by atoms with van der Waals surface area (Å²) < 4.78 is 0. The highest BCUT2D eigenvalue weighted by atomic mass is 16.2. The molecule has 0 unspecified atom stereocenters. The van der Waals surface area contributed by atoms with Crippen LogP contribution in [0.1, 0.15) is 39.1 Å². The predicted octanol–water partition coefficient (Wildman–Crippen LogP) is 3.24. The summed E-state index contributed by atoms with van der Waals surface area (Å²) in [4.78, 5) is 28.6. The van der Waals surface area contributed by atoms with Crippen molar-refractivity contribution in [2.75, 3.05) is 26.2 Å². The Morgan fingerprint density at radius 2 is 1.35 bits per heavy atom. The van der Waals surface area contributed by atoms with Crippen LogP contribution in [0.2, 0.25) is 0 Å². The quantitative estimate of drug-likeness (QED) is 0.779. The van der Waals surface area contributed by atoms with Crippen LogP contribution >= 0.6 is 0 Å². The molecule has 2 aliphatic rings. The molecule has 0 N–H and O–H groups in total. The molecule has 0 radical (unpaired) electrons. The van der Waals surface area contributed by atoms with Crippen LogP contribution in [0.5, 0.6) is 0 Å². The van der Waals surface area contributed by atoms with Crippen LogP contribution in [0, 0.1) is 5.92 Å². The van der Waals surface area contributed by atoms with Gasteiger partial charge in [-0.2, -0.15) is 0 Å². The number of nitrogens with zero attached hydrogens (tertiary/aromatic N) is 2. The first kappa shape index (κ1) is 17.0. The number of fused-ring (bicyclic) bond motifs is 1. The van der Waals surface area contributed by atoms with Gasteiger partial charge in [0.2, 0.25) is 0 Å². The smallest absolute Gasteiger partial charge is 0.261 e. The molecule has 4 heteroatoms. The first-order valence-corrected chi connectivity index (χ1v) is 9.44. The van der Waals surface area contributed by atoms with Gasteiger partial charge in [0.15, 0.2) is 0 Å². The molecule has 4 rings (SSSR count). The molecule has 0 saturated carbocycles. The number of benzene rings is 2. The van der Waals surface area contributed by atoms with E-state index < -0.39 is 0 Å². The highest BCUT2D eigenvalue weighted by Gasteiger charge is 2.35. The Hall–Kier alpha value is -2.46. The van der Waals surface area contributed by atoms with Gasteiger partial charge in [-0.3, -0.25) is 14.5 Å². The molecule has 2 aromatic rings. The molecule has 134 valence electrons. The zero-order valence-electron chi connectivity index (χ0n) is 14.9. The molecule has 2 aromatic carbocycles. The molecule has 0 bridgehead atoms. The van der Waals surface area contributed by atoms with Gasteiger partial charge in [-0.15, -0.1) is 0 Å². The minimum atomic E-state index is -0.149. The van der Waals surface area contributed by atoms with Crippen molar-refractivity contribution < 1.29 is 9.59 Å². The summed E-state index contributed by atoms with van der Waals surface area (Å²) in [6.45, 7) is 3.33. The van der Waals surface area contributed by atoms with Gasteiger partial charge in [0.05, 0.1) is 11.1 Å². The maximum Gasteiger partial charge on any atom is 0.261 e. The normalized spacial score (nSPS) is 18.4. The number of carbonyl (C=O) groups excluding carboxylic acids is 2. The number of likely N-dealkylation sites (tertiary alicyclic amines) is 1. The fourth-order valence-electron chi connectivity index (χ4n) is 4.05. The minimum Gasteiger partial charge on any atom is -0.302 e. The van der Waals surface area contributed by atoms with Gasteiger partial charge in [0, 0.05) is 13.1 Å². The van der Waals surface area contributed by atoms with Gasteiger partial charge < -0.3 is 4.90 Å². The fourth-order valence-corrected chi connectivity index (χ4v) is 4.05. The summed E-state index contributed by atoms with van der Waals surface area (Å²) >= 11 is 0. The van der Waals surface area contributed by atoms with Gasteiger partial charge in [-0.25, -0.2) is 0 Å². The van der Waals surface area contributed by atoms with Crippen molar-refractivity contribution in [1.29, 1.82) is 0 Å². The lowest BCUT2D eigenvalue weighted by Gasteiger charge is -2.32. The predicted molar refractivity (Wildman–Crippen MR) is 101 cm³/mol. The Labute approximate surface area is 154 Å². The third kappa shape index (κ3) is 3.42. The van der Waals surface area contributed by atoms with Crippen molar-refractivity contribution in [2.24, 2.45) is 5.92 Å². The van der Waals surface area contributed by atoms with Gasteiger partial charge in [-0.05, 0) is 56.0 Å². The van der Waals surface area contributed by atoms with E-state index in [1.165, 1.54) is 23.3 Å². The van der Waals surface area contributed by atoms with Crippen LogP contribution in [0.15, 0.2) is 54.6 Å². The molecule has 2 aliphatic heterocycles. The monoisotopic (exact) mass is 348 g/mol. The maximum absolute atomic E-state index is 12.4. The second-order valence-electron chi connectivity index (χ2n) is 7.28. The Morgan fingerprint density at radius 1 is 0.769 bits per heavy atom. The Morgan fingerprint density at radius 3 is 1.96 bits per heavy atom. The molecule has 2 heterocycles. The van der Waals surface area contributed by atoms with E-state index in [2.05, 4.69) is 35.2 Å². The van der Waals surface area contributed by atoms with Crippen molar-refractivity contribution in [1.82, 2.24) is 9.80 Å². The Balaban J connectivity index is 1.27. The van der Waals surface area contributed by atoms with E-state index in [1.807, 2.05) is 12.1 Å². The number of hydrogen-bond donors (Lipinski definition) is 0. The van der Waals surface area contributed by atoms with E-state index in [4.69, 9.17) is 0 Å². The lowest BCUT2D eigenvalue weighted by atomic mass is 9.90. The topological polar surface area (TPSA) is 40.6 Å². The molecule has 1 fully saturated rings. The fraction of sp³-hybridized carbons (Fsp3) is 0.364. The van der Waals surface area contributed by atoms with E-state index in [0.717, 1.165) is 32.0 Å². The molecule has 1 saturated heterocycles. The third-order valence-corrected chi connectivity index (χ3v) is 5.59. The first-order chi connectivity index (χ1) is 12.7. The number of imide groups is 1. The maximum atomic E-state index is 12.4. The van der Waals surface area contributed by atoms with Crippen molar-refractivity contribution >= 4 is 11.8 Å². The van der Waals surface area contributed by atoms with Gasteiger partial charge >= 0.3 is 0 Å². The molecule has 0 spiro atoms. The molecule has 4 nitrogen and oxygen atoms in total. The minimum absolute atomic E-state index is 0.149. The SMILES string of the molecule is O=C1c2ccccc2C(=O)N1CCN1CCC(Cc2ccccc2)CC1. The summed E-state index contributed by atoms with van der Waals surface area (Å²) in [6, 6.07) is 17.8. The Bertz CT molecular complexity index is 760. The summed E-state index contributed by atoms with van der Waals surface area (Å²) in [6.07, 6.45) is 3.50. The van der Waals surface area contributed by atoms with Gasteiger partial charge in [0.1, 0.15) is 0 Å². The van der Waals surface area contributed by atoms with Crippen LogP contribution in [0.3, 0.4) is 0 Å². The van der Waals surface area contributed by atoms with Crippen molar-refractivity contribution in [3.05, 3.63) is 71.3 Å². The average Bonchev–Trinajstić information content (AvgIpc) is 2.93. The standard InChI is InChI=1S/C22H24N2O2/c25-21-19-8-4-5-9-20(19)22(26)24(21)15-14-23-12-10-18(11-13-23)16-17-6-2-1-3-7-17/h1-9,18H,10-16H2.